The second-order valence-electron chi connectivity index (χ2n) is 9.38. The van der Waals surface area contributed by atoms with E-state index in [0.29, 0.717) is 58.9 Å². The van der Waals surface area contributed by atoms with E-state index in [-0.39, 0.29) is 24.4 Å². The number of rotatable bonds is 4. The van der Waals surface area contributed by atoms with E-state index in [2.05, 4.69) is 4.90 Å². The van der Waals surface area contributed by atoms with Gasteiger partial charge in [0.25, 0.3) is 11.8 Å². The Morgan fingerprint density at radius 2 is 1.30 bits per heavy atom. The predicted octanol–water partition coefficient (Wildman–Crippen LogP) is 4.96. The molecule has 9 heteroatoms. The quantitative estimate of drug-likeness (QED) is 0.492. The third-order valence-corrected chi connectivity index (χ3v) is 7.81. The third-order valence-electron chi connectivity index (χ3n) is 7.08. The first kappa shape index (κ1) is 26.0. The van der Waals surface area contributed by atoms with Gasteiger partial charge in [-0.25, -0.2) is 0 Å². The number of carbonyl (C=O) groups is 2. The Kier molecular flexibility index (Phi) is 7.75. The molecule has 0 aliphatic carbocycles. The minimum atomic E-state index is -0.672. The Bertz CT molecular complexity index is 1290. The largest absolute Gasteiger partial charge is 0.390 e. The Morgan fingerprint density at radius 1 is 0.703 bits per heavy atom. The minimum Gasteiger partial charge on any atom is -0.390 e. The zero-order chi connectivity index (χ0) is 26.1. The molecule has 0 aromatic heterocycles. The van der Waals surface area contributed by atoms with Crippen molar-refractivity contribution < 1.29 is 14.7 Å². The smallest absolute Gasteiger partial charge is 0.254 e. The molecular weight excluding hydrogens is 533 g/mol. The normalized spacial score (nSPS) is 20.3. The molecule has 2 aliphatic heterocycles. The molecule has 192 valence electrons. The molecule has 0 bridgehead atoms. The van der Waals surface area contributed by atoms with Crippen LogP contribution in [-0.4, -0.2) is 83.0 Å². The number of benzene rings is 3. The average Bonchev–Trinajstić information content (AvgIpc) is 3.30. The Hall–Kier alpha value is -2.61. The maximum Gasteiger partial charge on any atom is 0.254 e. The number of amides is 2. The highest BCUT2D eigenvalue weighted by molar-refractivity contribution is 6.31. The molecule has 0 spiro atoms. The van der Waals surface area contributed by atoms with Crippen LogP contribution in [0.4, 0.5) is 0 Å². The number of β-amino-alcohol motifs (C(OH)–C–C–N with tert-alkyl or cyclic N) is 1. The molecule has 5 rings (SSSR count). The highest BCUT2D eigenvalue weighted by Crippen LogP contribution is 2.30. The molecule has 2 aliphatic rings. The van der Waals surface area contributed by atoms with Crippen LogP contribution in [0.2, 0.25) is 15.1 Å². The van der Waals surface area contributed by atoms with Crippen LogP contribution in [0.3, 0.4) is 0 Å². The number of halogens is 3. The van der Waals surface area contributed by atoms with E-state index in [1.165, 1.54) is 0 Å². The SMILES string of the molecule is O=C(c1ccc(Cl)cc1)N1CCN(C2CN(C(=O)c3ccc(Cl)cc3-c3ccc(Cl)cc3)CC2O)CC1. The molecular formula is C28H26Cl3N3O3. The number of piperazine rings is 1. The fourth-order valence-corrected chi connectivity index (χ4v) is 5.49. The van der Waals surface area contributed by atoms with E-state index >= 15 is 0 Å². The van der Waals surface area contributed by atoms with Crippen molar-refractivity contribution in [2.45, 2.75) is 12.1 Å². The summed E-state index contributed by atoms with van der Waals surface area (Å²) in [5, 5.41) is 12.6. The van der Waals surface area contributed by atoms with Gasteiger partial charge in [-0.3, -0.25) is 14.5 Å². The maximum atomic E-state index is 13.6. The van der Waals surface area contributed by atoms with Crippen molar-refractivity contribution in [3.05, 3.63) is 92.9 Å². The van der Waals surface area contributed by atoms with Crippen molar-refractivity contribution >= 4 is 46.6 Å². The molecule has 3 aromatic carbocycles. The van der Waals surface area contributed by atoms with Crippen LogP contribution < -0.4 is 0 Å². The summed E-state index contributed by atoms with van der Waals surface area (Å²) in [7, 11) is 0. The molecule has 2 heterocycles. The van der Waals surface area contributed by atoms with Gasteiger partial charge in [0.15, 0.2) is 0 Å². The first-order chi connectivity index (χ1) is 17.8. The van der Waals surface area contributed by atoms with Gasteiger partial charge >= 0.3 is 0 Å². The van der Waals surface area contributed by atoms with E-state index in [0.717, 1.165) is 11.1 Å². The van der Waals surface area contributed by atoms with Gasteiger partial charge in [-0.1, -0.05) is 46.9 Å². The molecule has 2 atom stereocenters. The third kappa shape index (κ3) is 5.64. The van der Waals surface area contributed by atoms with Crippen molar-refractivity contribution in [1.82, 2.24) is 14.7 Å². The molecule has 37 heavy (non-hydrogen) atoms. The van der Waals surface area contributed by atoms with Gasteiger partial charge in [0.1, 0.15) is 0 Å². The fourth-order valence-electron chi connectivity index (χ4n) is 5.07. The highest BCUT2D eigenvalue weighted by atomic mass is 35.5. The van der Waals surface area contributed by atoms with Crippen LogP contribution >= 0.6 is 34.8 Å². The zero-order valence-corrected chi connectivity index (χ0v) is 22.3. The summed E-state index contributed by atoms with van der Waals surface area (Å²) in [4.78, 5) is 32.1. The van der Waals surface area contributed by atoms with Gasteiger partial charge in [-0.15, -0.1) is 0 Å². The van der Waals surface area contributed by atoms with Crippen molar-refractivity contribution in [2.24, 2.45) is 0 Å². The van der Waals surface area contributed by atoms with E-state index in [1.54, 1.807) is 59.5 Å². The molecule has 2 amide bonds. The summed E-state index contributed by atoms with van der Waals surface area (Å²) < 4.78 is 0. The molecule has 2 saturated heterocycles. The van der Waals surface area contributed by atoms with Crippen molar-refractivity contribution in [3.63, 3.8) is 0 Å². The molecule has 3 aromatic rings. The van der Waals surface area contributed by atoms with Crippen LogP contribution in [0.15, 0.2) is 66.7 Å². The number of likely N-dealkylation sites (tertiary alicyclic amines) is 1. The van der Waals surface area contributed by atoms with Crippen LogP contribution in [0.25, 0.3) is 11.1 Å². The Balaban J connectivity index is 1.26. The van der Waals surface area contributed by atoms with Crippen LogP contribution in [-0.2, 0) is 0 Å². The topological polar surface area (TPSA) is 64.1 Å². The predicted molar refractivity (Wildman–Crippen MR) is 147 cm³/mol. The minimum absolute atomic E-state index is 0.0300. The number of hydrogen-bond donors (Lipinski definition) is 1. The lowest BCUT2D eigenvalue weighted by Crippen LogP contribution is -2.54. The van der Waals surface area contributed by atoms with Crippen LogP contribution in [0, 0.1) is 0 Å². The summed E-state index contributed by atoms with van der Waals surface area (Å²) in [6.45, 7) is 3.01. The zero-order valence-electron chi connectivity index (χ0n) is 20.0. The van der Waals surface area contributed by atoms with E-state index < -0.39 is 6.10 Å². The van der Waals surface area contributed by atoms with Gasteiger partial charge in [0.2, 0.25) is 0 Å². The fraction of sp³-hybridized carbons (Fsp3) is 0.286. The van der Waals surface area contributed by atoms with Gasteiger partial charge in [-0.05, 0) is 65.7 Å². The number of hydrogen-bond acceptors (Lipinski definition) is 4. The summed E-state index contributed by atoms with van der Waals surface area (Å²) in [5.41, 5.74) is 2.70. The second-order valence-corrected chi connectivity index (χ2v) is 10.7. The van der Waals surface area contributed by atoms with Crippen LogP contribution in [0.5, 0.6) is 0 Å². The number of nitrogens with zero attached hydrogens (tertiary/aromatic N) is 3. The van der Waals surface area contributed by atoms with E-state index in [9.17, 15) is 14.7 Å². The van der Waals surface area contributed by atoms with Crippen molar-refractivity contribution in [3.8, 4) is 11.1 Å². The highest BCUT2D eigenvalue weighted by Gasteiger charge is 2.39. The van der Waals surface area contributed by atoms with Crippen molar-refractivity contribution in [1.29, 1.82) is 0 Å². The lowest BCUT2D eigenvalue weighted by Gasteiger charge is -2.38. The van der Waals surface area contributed by atoms with Gasteiger partial charge < -0.3 is 14.9 Å². The molecule has 0 saturated carbocycles. The standard InChI is InChI=1S/C28H26Cl3N3O3/c29-20-5-1-18(2-6-20)24-15-22(31)9-10-23(24)28(37)34-16-25(26(35)17-34)32-11-13-33(14-12-32)27(36)19-3-7-21(30)8-4-19/h1-10,15,25-26,35H,11-14,16-17H2. The Labute approximate surface area is 230 Å². The number of aliphatic hydroxyl groups excluding tert-OH is 1. The molecule has 2 fully saturated rings. The molecule has 2 unspecified atom stereocenters. The van der Waals surface area contributed by atoms with Crippen molar-refractivity contribution in [2.75, 3.05) is 39.3 Å². The van der Waals surface area contributed by atoms with E-state index in [4.69, 9.17) is 34.8 Å². The maximum absolute atomic E-state index is 13.6. The molecule has 0 radical (unpaired) electrons. The number of carbonyl (C=O) groups excluding carboxylic acids is 2. The monoisotopic (exact) mass is 557 g/mol. The van der Waals surface area contributed by atoms with Gasteiger partial charge in [0, 0.05) is 65.5 Å². The summed E-state index contributed by atoms with van der Waals surface area (Å²) in [5.74, 6) is -0.183. The molecule has 1 N–H and O–H groups in total. The van der Waals surface area contributed by atoms with Gasteiger partial charge in [-0.2, -0.15) is 0 Å². The summed E-state index contributed by atoms with van der Waals surface area (Å²) >= 11 is 18.2. The molecule has 6 nitrogen and oxygen atoms in total. The number of aliphatic hydroxyl groups is 1. The average molecular weight is 559 g/mol. The van der Waals surface area contributed by atoms with Crippen LogP contribution in [0.1, 0.15) is 20.7 Å². The Morgan fingerprint density at radius 3 is 1.95 bits per heavy atom. The van der Waals surface area contributed by atoms with E-state index in [1.807, 2.05) is 17.0 Å². The first-order valence-electron chi connectivity index (χ1n) is 12.1. The van der Waals surface area contributed by atoms with Gasteiger partial charge in [0.05, 0.1) is 12.1 Å². The lowest BCUT2D eigenvalue weighted by molar-refractivity contribution is 0.0376. The first-order valence-corrected chi connectivity index (χ1v) is 13.3. The summed E-state index contributed by atoms with van der Waals surface area (Å²) in [6, 6.07) is 19.2. The lowest BCUT2D eigenvalue weighted by atomic mass is 9.99. The second kappa shape index (κ2) is 11.0. The summed E-state index contributed by atoms with van der Waals surface area (Å²) in [6.07, 6.45) is -0.672.